The Morgan fingerprint density at radius 3 is 2.04 bits per heavy atom. The minimum absolute atomic E-state index is 0.0456. The van der Waals surface area contributed by atoms with Gasteiger partial charge >= 0.3 is 0 Å². The molecule has 0 spiro atoms. The molecule has 5 rings (SSSR count). The van der Waals surface area contributed by atoms with Crippen molar-refractivity contribution < 1.29 is 14.4 Å². The summed E-state index contributed by atoms with van der Waals surface area (Å²) in [5.74, 6) is -0.709. The van der Waals surface area contributed by atoms with Crippen molar-refractivity contribution in [3.8, 4) is 0 Å². The normalized spacial score (nSPS) is 11.9. The van der Waals surface area contributed by atoms with Crippen molar-refractivity contribution in [3.63, 3.8) is 0 Å². The molecule has 0 aliphatic carbocycles. The fourth-order valence-electron chi connectivity index (χ4n) is 4.75. The molecule has 3 amide bonds. The van der Waals surface area contributed by atoms with Crippen molar-refractivity contribution in [1.29, 1.82) is 0 Å². The molecule has 5 aromatic rings. The van der Waals surface area contributed by atoms with E-state index in [1.807, 2.05) is 72.8 Å². The lowest BCUT2D eigenvalue weighted by molar-refractivity contribution is -0.116. The number of rotatable bonds is 11. The number of carbonyl (C=O) groups is 3. The van der Waals surface area contributed by atoms with Crippen LogP contribution in [0.25, 0.3) is 6.08 Å². The third kappa shape index (κ3) is 9.45. The van der Waals surface area contributed by atoms with E-state index < -0.39 is 17.1 Å². The number of hydrogen-bond donors (Lipinski definition) is 3. The fraction of sp³-hybridized carbons (Fsp3) is 0.103. The van der Waals surface area contributed by atoms with E-state index in [0.717, 1.165) is 16.1 Å². The quantitative estimate of drug-likeness (QED) is 0.0974. The van der Waals surface area contributed by atoms with Crippen molar-refractivity contribution in [2.75, 3.05) is 10.6 Å². The molecular formula is C39H34ClN3O3S. The number of benzene rings is 5. The van der Waals surface area contributed by atoms with E-state index in [1.54, 1.807) is 66.7 Å². The van der Waals surface area contributed by atoms with E-state index >= 15 is 0 Å². The molecule has 5 aromatic carbocycles. The number of carbonyl (C=O) groups excluding carboxylic acids is 3. The number of thioether (sulfide) groups is 1. The summed E-state index contributed by atoms with van der Waals surface area (Å²) in [6, 6.07) is 40.4. The predicted molar refractivity (Wildman–Crippen MR) is 193 cm³/mol. The Balaban J connectivity index is 1.36. The number of hydrogen-bond acceptors (Lipinski definition) is 4. The van der Waals surface area contributed by atoms with Gasteiger partial charge in [0.05, 0.1) is 0 Å². The molecule has 1 atom stereocenters. The number of amides is 3. The molecule has 6 nitrogen and oxygen atoms in total. The lowest BCUT2D eigenvalue weighted by Gasteiger charge is -2.18. The molecule has 3 N–H and O–H groups in total. The van der Waals surface area contributed by atoms with Crippen molar-refractivity contribution in [2.45, 2.75) is 29.9 Å². The minimum atomic E-state index is -0.560. The van der Waals surface area contributed by atoms with Gasteiger partial charge < -0.3 is 16.0 Å². The molecule has 0 heterocycles. The highest BCUT2D eigenvalue weighted by Gasteiger charge is 2.23. The third-order valence-corrected chi connectivity index (χ3v) is 8.70. The van der Waals surface area contributed by atoms with Crippen LogP contribution in [0.5, 0.6) is 0 Å². The van der Waals surface area contributed by atoms with Crippen LogP contribution in [0.1, 0.15) is 52.1 Å². The first-order chi connectivity index (χ1) is 22.7. The van der Waals surface area contributed by atoms with E-state index in [-0.39, 0.29) is 11.6 Å². The molecule has 0 aliphatic rings. The number of halogens is 1. The Kier molecular flexibility index (Phi) is 11.3. The van der Waals surface area contributed by atoms with E-state index in [0.29, 0.717) is 27.8 Å². The molecule has 0 fully saturated rings. The average molecular weight is 660 g/mol. The van der Waals surface area contributed by atoms with Gasteiger partial charge in [0.2, 0.25) is 5.91 Å². The van der Waals surface area contributed by atoms with Crippen LogP contribution in [0.15, 0.2) is 144 Å². The maximum absolute atomic E-state index is 13.6. The highest BCUT2D eigenvalue weighted by molar-refractivity contribution is 8.00. The third-order valence-electron chi connectivity index (χ3n) is 7.22. The Morgan fingerprint density at radius 2 is 1.36 bits per heavy atom. The summed E-state index contributed by atoms with van der Waals surface area (Å²) in [5.41, 5.74) is 4.37. The van der Waals surface area contributed by atoms with Crippen LogP contribution in [0.4, 0.5) is 11.4 Å². The second-order valence-electron chi connectivity index (χ2n) is 11.1. The smallest absolute Gasteiger partial charge is 0.272 e. The maximum atomic E-state index is 13.6. The molecule has 47 heavy (non-hydrogen) atoms. The van der Waals surface area contributed by atoms with E-state index in [9.17, 15) is 14.4 Å². The molecule has 8 heteroatoms. The van der Waals surface area contributed by atoms with Crippen LogP contribution in [0.3, 0.4) is 0 Å². The Morgan fingerprint density at radius 1 is 0.681 bits per heavy atom. The van der Waals surface area contributed by atoms with E-state index in [4.69, 9.17) is 11.6 Å². The number of anilines is 2. The van der Waals surface area contributed by atoms with Crippen LogP contribution in [-0.2, 0) is 9.59 Å². The summed E-state index contributed by atoms with van der Waals surface area (Å²) < 4.78 is 0. The molecule has 0 aromatic heterocycles. The lowest BCUT2D eigenvalue weighted by Crippen LogP contribution is -2.30. The van der Waals surface area contributed by atoms with Gasteiger partial charge in [0.1, 0.15) is 10.9 Å². The zero-order valence-corrected chi connectivity index (χ0v) is 27.5. The second kappa shape index (κ2) is 15.9. The topological polar surface area (TPSA) is 87.3 Å². The zero-order valence-electron chi connectivity index (χ0n) is 25.9. The average Bonchev–Trinajstić information content (AvgIpc) is 3.08. The van der Waals surface area contributed by atoms with E-state index in [1.165, 1.54) is 17.3 Å². The van der Waals surface area contributed by atoms with Crippen LogP contribution < -0.4 is 16.0 Å². The lowest BCUT2D eigenvalue weighted by atomic mass is 10.0. The van der Waals surface area contributed by atoms with Crippen molar-refractivity contribution in [3.05, 3.63) is 166 Å². The van der Waals surface area contributed by atoms with Crippen LogP contribution in [0, 0.1) is 0 Å². The monoisotopic (exact) mass is 659 g/mol. The SMILES string of the molecule is CC(C)c1ccc(NC(=O)C(Sc2cccc(NC(=O)/C(=C/c3cccc(Cl)c3)NC(=O)c3ccccc3)c2)c2ccccc2)cc1. The Bertz CT molecular complexity index is 1880. The first-order valence-corrected chi connectivity index (χ1v) is 16.4. The van der Waals surface area contributed by atoms with Crippen molar-refractivity contribution >= 4 is 58.5 Å². The molecule has 0 saturated carbocycles. The molecule has 0 aliphatic heterocycles. The van der Waals surface area contributed by atoms with Crippen LogP contribution >= 0.6 is 23.4 Å². The molecule has 0 bridgehead atoms. The Labute approximate surface area is 284 Å². The van der Waals surface area contributed by atoms with Crippen molar-refractivity contribution in [2.24, 2.45) is 0 Å². The fourth-order valence-corrected chi connectivity index (χ4v) is 6.03. The molecular weight excluding hydrogens is 626 g/mol. The van der Waals surface area contributed by atoms with Gasteiger partial charge in [-0.05, 0) is 83.3 Å². The van der Waals surface area contributed by atoms with E-state index in [2.05, 4.69) is 29.8 Å². The van der Waals surface area contributed by atoms with Gasteiger partial charge in [-0.1, -0.05) is 104 Å². The van der Waals surface area contributed by atoms with Gasteiger partial charge in [-0.15, -0.1) is 11.8 Å². The van der Waals surface area contributed by atoms with Crippen molar-refractivity contribution in [1.82, 2.24) is 5.32 Å². The van der Waals surface area contributed by atoms with Gasteiger partial charge in [0, 0.05) is 26.9 Å². The number of nitrogens with one attached hydrogen (secondary N) is 3. The van der Waals surface area contributed by atoms with Gasteiger partial charge in [-0.3, -0.25) is 14.4 Å². The summed E-state index contributed by atoms with van der Waals surface area (Å²) >= 11 is 7.56. The van der Waals surface area contributed by atoms with Gasteiger partial charge in [-0.25, -0.2) is 0 Å². The van der Waals surface area contributed by atoms with Gasteiger partial charge in [0.25, 0.3) is 11.8 Å². The first kappa shape index (κ1) is 33.3. The summed E-state index contributed by atoms with van der Waals surface area (Å²) in [4.78, 5) is 41.0. The summed E-state index contributed by atoms with van der Waals surface area (Å²) in [6.45, 7) is 4.26. The van der Waals surface area contributed by atoms with Gasteiger partial charge in [0.15, 0.2) is 0 Å². The summed E-state index contributed by atoms with van der Waals surface area (Å²) in [7, 11) is 0. The first-order valence-electron chi connectivity index (χ1n) is 15.1. The maximum Gasteiger partial charge on any atom is 0.272 e. The zero-order chi connectivity index (χ0) is 33.2. The van der Waals surface area contributed by atoms with Crippen LogP contribution in [0.2, 0.25) is 5.02 Å². The molecule has 236 valence electrons. The molecule has 0 saturated heterocycles. The largest absolute Gasteiger partial charge is 0.325 e. The van der Waals surface area contributed by atoms with Gasteiger partial charge in [-0.2, -0.15) is 0 Å². The highest BCUT2D eigenvalue weighted by Crippen LogP contribution is 2.37. The highest BCUT2D eigenvalue weighted by atomic mass is 35.5. The van der Waals surface area contributed by atoms with Crippen LogP contribution in [-0.4, -0.2) is 17.7 Å². The second-order valence-corrected chi connectivity index (χ2v) is 12.7. The molecule has 1 unspecified atom stereocenters. The summed E-state index contributed by atoms with van der Waals surface area (Å²) in [6.07, 6.45) is 1.57. The minimum Gasteiger partial charge on any atom is -0.325 e. The standard InChI is InChI=1S/C39H34ClN3O3S/c1-26(2)28-19-21-32(22-20-28)41-39(46)36(29-12-5-3-6-13-29)47-34-18-10-17-33(25-34)42-38(45)35(24-27-11-9-16-31(40)23-27)43-37(44)30-14-7-4-8-15-30/h3-26,36H,1-2H3,(H,41,46)(H,42,45)(H,43,44)/b35-24-. The Hall–Kier alpha value is -5.11. The molecule has 0 radical (unpaired) electrons. The summed E-state index contributed by atoms with van der Waals surface area (Å²) in [5, 5.41) is 8.65. The predicted octanol–water partition coefficient (Wildman–Crippen LogP) is 9.35.